The van der Waals surface area contributed by atoms with Crippen LogP contribution in [0.1, 0.15) is 22.1 Å². The molecule has 3 aromatic carbocycles. The van der Waals surface area contributed by atoms with E-state index in [4.69, 9.17) is 14.6 Å². The zero-order valence-electron chi connectivity index (χ0n) is 18.1. The number of benzene rings is 3. The number of carbonyl (C=O) groups is 1. The second-order valence-electron chi connectivity index (χ2n) is 7.80. The molecule has 34 heavy (non-hydrogen) atoms. The molecule has 6 rings (SSSR count). The number of hydrogen-bond donors (Lipinski definition) is 1. The smallest absolute Gasteiger partial charge is 0.325 e. The van der Waals surface area contributed by atoms with Crippen molar-refractivity contribution in [1.82, 2.24) is 10.1 Å². The lowest BCUT2D eigenvalue weighted by atomic mass is 10.00. The standard InChI is InChI=1S/C25H18N4O4S/c1-34-25-26-22(30)21-17-9-5-6-10-18(17)28(24(31)15-7-3-2-4-8-15)23(29(21)27-25)16-11-12-19-20(13-16)33-14-32-19/h2-13,23H,14H2,1H3/p+1. The van der Waals surface area contributed by atoms with Crippen LogP contribution in [0, 0.1) is 0 Å². The zero-order chi connectivity index (χ0) is 23.2. The van der Waals surface area contributed by atoms with E-state index in [1.807, 2.05) is 66.9 Å². The minimum atomic E-state index is -0.722. The van der Waals surface area contributed by atoms with Gasteiger partial charge in [-0.1, -0.05) is 42.1 Å². The average molecular weight is 472 g/mol. The number of H-pyrrole nitrogens is 1. The molecule has 1 unspecified atom stereocenters. The molecule has 1 amide bonds. The number of rotatable bonds is 3. The lowest BCUT2D eigenvalue weighted by molar-refractivity contribution is -0.763. The van der Waals surface area contributed by atoms with Crippen LogP contribution in [-0.2, 0) is 0 Å². The van der Waals surface area contributed by atoms with Gasteiger partial charge < -0.3 is 9.47 Å². The molecule has 0 saturated carbocycles. The summed E-state index contributed by atoms with van der Waals surface area (Å²) in [6.07, 6.45) is 1.12. The number of fused-ring (bicyclic) bond motifs is 4. The number of aromatic amines is 1. The molecule has 1 aromatic heterocycles. The molecule has 1 atom stereocenters. The summed E-state index contributed by atoms with van der Waals surface area (Å²) in [6, 6.07) is 22.0. The first-order valence-electron chi connectivity index (χ1n) is 10.6. The van der Waals surface area contributed by atoms with Crippen molar-refractivity contribution in [1.29, 1.82) is 0 Å². The number of nitrogens with zero attached hydrogens (tertiary/aromatic N) is 3. The summed E-state index contributed by atoms with van der Waals surface area (Å²) in [5.74, 6) is 1.01. The van der Waals surface area contributed by atoms with E-state index in [9.17, 15) is 9.59 Å². The summed E-state index contributed by atoms with van der Waals surface area (Å²) >= 11 is 1.32. The molecular weight excluding hydrogens is 452 g/mol. The van der Waals surface area contributed by atoms with Gasteiger partial charge in [-0.3, -0.25) is 14.6 Å². The van der Waals surface area contributed by atoms with Gasteiger partial charge in [0.25, 0.3) is 12.1 Å². The predicted molar refractivity (Wildman–Crippen MR) is 126 cm³/mol. The van der Waals surface area contributed by atoms with Gasteiger partial charge in [0, 0.05) is 16.2 Å². The average Bonchev–Trinajstić information content (AvgIpc) is 3.35. The minimum Gasteiger partial charge on any atom is -0.454 e. The summed E-state index contributed by atoms with van der Waals surface area (Å²) in [5, 5.41) is 5.18. The van der Waals surface area contributed by atoms with Crippen molar-refractivity contribution in [2.24, 2.45) is 0 Å². The molecular formula is C25H19N4O4S+. The number of amides is 1. The largest absolute Gasteiger partial charge is 0.454 e. The number of nitrogens with one attached hydrogen (secondary N) is 1. The van der Waals surface area contributed by atoms with Gasteiger partial charge in [-0.05, 0) is 53.4 Å². The predicted octanol–water partition coefficient (Wildman–Crippen LogP) is 3.38. The van der Waals surface area contributed by atoms with Gasteiger partial charge in [0.2, 0.25) is 11.9 Å². The van der Waals surface area contributed by atoms with Gasteiger partial charge >= 0.3 is 11.3 Å². The maximum Gasteiger partial charge on any atom is 0.325 e. The van der Waals surface area contributed by atoms with Crippen molar-refractivity contribution in [2.45, 2.75) is 11.3 Å². The number of carbonyl (C=O) groups excluding carboxylic acids is 1. The van der Waals surface area contributed by atoms with E-state index >= 15 is 0 Å². The summed E-state index contributed by atoms with van der Waals surface area (Å²) in [4.78, 5) is 31.7. The summed E-state index contributed by atoms with van der Waals surface area (Å²) in [5.41, 5.74) is 2.63. The lowest BCUT2D eigenvalue weighted by Gasteiger charge is -2.32. The molecule has 3 heterocycles. The van der Waals surface area contributed by atoms with Crippen LogP contribution in [0.25, 0.3) is 11.3 Å². The van der Waals surface area contributed by atoms with Crippen LogP contribution in [0.15, 0.2) is 82.7 Å². The van der Waals surface area contributed by atoms with Gasteiger partial charge in [0.1, 0.15) is 0 Å². The second-order valence-corrected chi connectivity index (χ2v) is 8.60. The van der Waals surface area contributed by atoms with Crippen LogP contribution in [0.5, 0.6) is 11.5 Å². The van der Waals surface area contributed by atoms with Crippen LogP contribution in [-0.4, -0.2) is 29.0 Å². The number of thioether (sulfide) groups is 1. The first kappa shape index (κ1) is 20.5. The first-order valence-corrected chi connectivity index (χ1v) is 11.9. The van der Waals surface area contributed by atoms with Crippen LogP contribution in [0.4, 0.5) is 5.69 Å². The quantitative estimate of drug-likeness (QED) is 0.364. The number of anilines is 1. The van der Waals surface area contributed by atoms with Crippen molar-refractivity contribution in [3.05, 3.63) is 94.3 Å². The Balaban J connectivity index is 1.65. The topological polar surface area (TPSA) is 88.4 Å². The van der Waals surface area contributed by atoms with Crippen molar-refractivity contribution >= 4 is 23.4 Å². The van der Waals surface area contributed by atoms with Gasteiger partial charge in [0.05, 0.1) is 11.3 Å². The Morgan fingerprint density at radius 1 is 1.06 bits per heavy atom. The monoisotopic (exact) mass is 471 g/mol. The van der Waals surface area contributed by atoms with Crippen molar-refractivity contribution in [3.63, 3.8) is 0 Å². The number of para-hydroxylation sites is 1. The van der Waals surface area contributed by atoms with Crippen LogP contribution in [0.2, 0.25) is 0 Å². The fraction of sp³-hybridized carbons (Fsp3) is 0.120. The van der Waals surface area contributed by atoms with E-state index in [1.165, 1.54) is 11.8 Å². The summed E-state index contributed by atoms with van der Waals surface area (Å²) in [7, 11) is 0. The fourth-order valence-corrected chi connectivity index (χ4v) is 4.74. The SMILES string of the molecule is CSc1n[n+]2c(c(=O)[nH]1)-c1ccccc1N(C(=O)c1ccccc1)C2c1ccc2c(c1)OCO2. The number of ether oxygens (including phenoxy) is 2. The third kappa shape index (κ3) is 3.16. The summed E-state index contributed by atoms with van der Waals surface area (Å²) < 4.78 is 12.7. The Morgan fingerprint density at radius 2 is 1.82 bits per heavy atom. The van der Waals surface area contributed by atoms with Gasteiger partial charge in [-0.15, -0.1) is 0 Å². The molecule has 0 fully saturated rings. The van der Waals surface area contributed by atoms with Crippen molar-refractivity contribution in [3.8, 4) is 22.8 Å². The molecule has 2 aliphatic rings. The molecule has 2 aliphatic heterocycles. The van der Waals surface area contributed by atoms with Gasteiger partial charge in [-0.25, -0.2) is 4.90 Å². The highest BCUT2D eigenvalue weighted by Crippen LogP contribution is 2.41. The molecule has 168 valence electrons. The minimum absolute atomic E-state index is 0.136. The first-order chi connectivity index (χ1) is 16.7. The van der Waals surface area contributed by atoms with Gasteiger partial charge in [-0.2, -0.15) is 0 Å². The molecule has 0 saturated heterocycles. The molecule has 0 spiro atoms. The van der Waals surface area contributed by atoms with E-state index in [0.717, 1.165) is 5.56 Å². The zero-order valence-corrected chi connectivity index (χ0v) is 18.9. The van der Waals surface area contributed by atoms with E-state index in [-0.39, 0.29) is 18.3 Å². The maximum atomic E-state index is 14.0. The van der Waals surface area contributed by atoms with Crippen molar-refractivity contribution in [2.75, 3.05) is 17.9 Å². The van der Waals surface area contributed by atoms with Crippen LogP contribution in [0.3, 0.4) is 0 Å². The Morgan fingerprint density at radius 3 is 2.65 bits per heavy atom. The highest BCUT2D eigenvalue weighted by atomic mass is 32.2. The maximum absolute atomic E-state index is 14.0. The molecule has 0 radical (unpaired) electrons. The van der Waals surface area contributed by atoms with Crippen molar-refractivity contribution < 1.29 is 19.0 Å². The molecule has 4 aromatic rings. The Hall–Kier alpha value is -4.11. The molecule has 9 heteroatoms. The van der Waals surface area contributed by atoms with E-state index in [1.54, 1.807) is 21.7 Å². The van der Waals surface area contributed by atoms with E-state index in [0.29, 0.717) is 39.2 Å². The third-order valence-electron chi connectivity index (χ3n) is 5.89. The Kier molecular flexibility index (Phi) is 4.84. The normalized spacial score (nSPS) is 15.6. The lowest BCUT2D eigenvalue weighted by Crippen LogP contribution is -2.60. The van der Waals surface area contributed by atoms with Crippen LogP contribution >= 0.6 is 11.8 Å². The highest BCUT2D eigenvalue weighted by molar-refractivity contribution is 7.98. The molecule has 8 nitrogen and oxygen atoms in total. The van der Waals surface area contributed by atoms with E-state index in [2.05, 4.69) is 4.98 Å². The highest BCUT2D eigenvalue weighted by Gasteiger charge is 2.46. The fourth-order valence-electron chi connectivity index (χ4n) is 4.38. The van der Waals surface area contributed by atoms with E-state index < -0.39 is 6.17 Å². The second kappa shape index (κ2) is 8.03. The Labute approximate surface area is 198 Å². The molecule has 0 bridgehead atoms. The molecule has 0 aliphatic carbocycles. The molecule has 1 N–H and O–H groups in total. The number of hydrogen-bond acceptors (Lipinski definition) is 6. The Bertz CT molecular complexity index is 1490. The van der Waals surface area contributed by atoms with Gasteiger partial charge in [0.15, 0.2) is 11.5 Å². The summed E-state index contributed by atoms with van der Waals surface area (Å²) in [6.45, 7) is 0.136. The van der Waals surface area contributed by atoms with Crippen LogP contribution < -0.4 is 24.6 Å². The third-order valence-corrected chi connectivity index (χ3v) is 6.46. The number of aromatic nitrogens is 3.